The van der Waals surface area contributed by atoms with Crippen molar-refractivity contribution in [3.05, 3.63) is 23.8 Å². The molecular formula is C10H13BrF3NO2. The Morgan fingerprint density at radius 3 is 2.29 bits per heavy atom. The standard InChI is InChI=1S/C10H12F3NO2.BrH/c11-10(12,13)6-14-4-3-7-1-2-8(15)9(16)5-7;/h1-2,5,14-16H,3-4,6H2;1H. The lowest BCUT2D eigenvalue weighted by Gasteiger charge is -2.08. The molecule has 0 spiro atoms. The van der Waals surface area contributed by atoms with Crippen molar-refractivity contribution in [1.82, 2.24) is 5.32 Å². The first kappa shape index (κ1) is 16.1. The molecule has 1 aromatic rings. The first-order valence-electron chi connectivity index (χ1n) is 4.67. The fourth-order valence-electron chi connectivity index (χ4n) is 1.19. The third-order valence-electron chi connectivity index (χ3n) is 1.96. The van der Waals surface area contributed by atoms with Crippen LogP contribution in [0.1, 0.15) is 5.56 Å². The second-order valence-corrected chi connectivity index (χ2v) is 3.37. The lowest BCUT2D eigenvalue weighted by atomic mass is 10.1. The summed E-state index contributed by atoms with van der Waals surface area (Å²) in [5.74, 6) is -0.514. The van der Waals surface area contributed by atoms with Crippen molar-refractivity contribution >= 4 is 17.0 Å². The Bertz CT molecular complexity index is 358. The summed E-state index contributed by atoms with van der Waals surface area (Å²) in [6, 6.07) is 4.17. The molecule has 0 heterocycles. The van der Waals surface area contributed by atoms with Gasteiger partial charge in [0.2, 0.25) is 0 Å². The minimum Gasteiger partial charge on any atom is -0.504 e. The molecular weight excluding hydrogens is 303 g/mol. The number of phenols is 2. The molecule has 0 amide bonds. The fourth-order valence-corrected chi connectivity index (χ4v) is 1.19. The predicted octanol–water partition coefficient (Wildman–Crippen LogP) is 2.37. The topological polar surface area (TPSA) is 52.5 Å². The molecule has 3 nitrogen and oxygen atoms in total. The number of hydrogen-bond donors (Lipinski definition) is 3. The monoisotopic (exact) mass is 315 g/mol. The Balaban J connectivity index is 0.00000256. The van der Waals surface area contributed by atoms with Crippen LogP contribution in [-0.4, -0.2) is 29.5 Å². The smallest absolute Gasteiger partial charge is 0.401 e. The fraction of sp³-hybridized carbons (Fsp3) is 0.400. The Kier molecular flexibility index (Phi) is 6.33. The highest BCUT2D eigenvalue weighted by atomic mass is 79.9. The zero-order chi connectivity index (χ0) is 12.2. The van der Waals surface area contributed by atoms with Crippen molar-refractivity contribution in [2.45, 2.75) is 12.6 Å². The van der Waals surface area contributed by atoms with Crippen molar-refractivity contribution in [3.63, 3.8) is 0 Å². The molecule has 7 heteroatoms. The summed E-state index contributed by atoms with van der Waals surface area (Å²) < 4.78 is 35.3. The summed E-state index contributed by atoms with van der Waals surface area (Å²) in [4.78, 5) is 0. The molecule has 0 aliphatic rings. The molecule has 0 aliphatic heterocycles. The van der Waals surface area contributed by atoms with Crippen LogP contribution in [0.15, 0.2) is 18.2 Å². The number of benzene rings is 1. The zero-order valence-corrected chi connectivity index (χ0v) is 10.5. The maximum atomic E-state index is 11.8. The van der Waals surface area contributed by atoms with Crippen LogP contribution in [-0.2, 0) is 6.42 Å². The molecule has 0 aromatic heterocycles. The lowest BCUT2D eigenvalue weighted by Crippen LogP contribution is -2.30. The van der Waals surface area contributed by atoms with Gasteiger partial charge in [0.1, 0.15) is 0 Å². The lowest BCUT2D eigenvalue weighted by molar-refractivity contribution is -0.124. The van der Waals surface area contributed by atoms with E-state index < -0.39 is 12.7 Å². The number of halogens is 4. The molecule has 1 rings (SSSR count). The van der Waals surface area contributed by atoms with E-state index >= 15 is 0 Å². The molecule has 0 bridgehead atoms. The van der Waals surface area contributed by atoms with Crippen LogP contribution < -0.4 is 5.32 Å². The third kappa shape index (κ3) is 6.38. The van der Waals surface area contributed by atoms with Gasteiger partial charge in [0.15, 0.2) is 11.5 Å². The summed E-state index contributed by atoms with van der Waals surface area (Å²) in [6.07, 6.45) is -3.86. The van der Waals surface area contributed by atoms with Crippen LogP contribution >= 0.6 is 17.0 Å². The van der Waals surface area contributed by atoms with Crippen LogP contribution in [0, 0.1) is 0 Å². The van der Waals surface area contributed by atoms with Crippen molar-refractivity contribution in [2.24, 2.45) is 0 Å². The molecule has 0 saturated heterocycles. The van der Waals surface area contributed by atoms with E-state index in [2.05, 4.69) is 5.32 Å². The normalized spacial score (nSPS) is 11.0. The molecule has 98 valence electrons. The molecule has 0 saturated carbocycles. The second-order valence-electron chi connectivity index (χ2n) is 3.37. The molecule has 17 heavy (non-hydrogen) atoms. The highest BCUT2D eigenvalue weighted by Crippen LogP contribution is 2.24. The molecule has 0 aliphatic carbocycles. The predicted molar refractivity (Wildman–Crippen MR) is 62.7 cm³/mol. The van der Waals surface area contributed by atoms with Crippen molar-refractivity contribution in [3.8, 4) is 11.5 Å². The Morgan fingerprint density at radius 2 is 1.76 bits per heavy atom. The van der Waals surface area contributed by atoms with E-state index in [0.29, 0.717) is 12.0 Å². The van der Waals surface area contributed by atoms with Crippen molar-refractivity contribution < 1.29 is 23.4 Å². The quantitative estimate of drug-likeness (QED) is 0.590. The number of hydrogen-bond acceptors (Lipinski definition) is 3. The zero-order valence-electron chi connectivity index (χ0n) is 8.79. The van der Waals surface area contributed by atoms with Crippen LogP contribution in [0.4, 0.5) is 13.2 Å². The summed E-state index contributed by atoms with van der Waals surface area (Å²) in [5, 5.41) is 20.4. The summed E-state index contributed by atoms with van der Waals surface area (Å²) in [6.45, 7) is -0.874. The van der Waals surface area contributed by atoms with Crippen LogP contribution in [0.25, 0.3) is 0 Å². The van der Waals surface area contributed by atoms with Gasteiger partial charge in [-0.15, -0.1) is 17.0 Å². The Hall–Kier alpha value is -0.950. The molecule has 0 unspecified atom stereocenters. The van der Waals surface area contributed by atoms with Gasteiger partial charge in [0.25, 0.3) is 0 Å². The average Bonchev–Trinajstić information content (AvgIpc) is 2.17. The van der Waals surface area contributed by atoms with Gasteiger partial charge in [-0.05, 0) is 30.7 Å². The van der Waals surface area contributed by atoms with Crippen LogP contribution in [0.2, 0.25) is 0 Å². The van der Waals surface area contributed by atoms with E-state index in [-0.39, 0.29) is 35.0 Å². The number of alkyl halides is 3. The van der Waals surface area contributed by atoms with Gasteiger partial charge in [-0.1, -0.05) is 6.07 Å². The number of aromatic hydroxyl groups is 2. The number of phenolic OH excluding ortho intramolecular Hbond substituents is 2. The van der Waals surface area contributed by atoms with Crippen LogP contribution in [0.5, 0.6) is 11.5 Å². The van der Waals surface area contributed by atoms with Gasteiger partial charge in [-0.25, -0.2) is 0 Å². The largest absolute Gasteiger partial charge is 0.504 e. The van der Waals surface area contributed by atoms with Gasteiger partial charge >= 0.3 is 6.18 Å². The third-order valence-corrected chi connectivity index (χ3v) is 1.96. The first-order chi connectivity index (χ1) is 7.38. The van der Waals surface area contributed by atoms with E-state index in [1.807, 2.05) is 0 Å². The average molecular weight is 316 g/mol. The molecule has 0 atom stereocenters. The number of nitrogens with one attached hydrogen (secondary N) is 1. The summed E-state index contributed by atoms with van der Waals surface area (Å²) >= 11 is 0. The van der Waals surface area contributed by atoms with Gasteiger partial charge < -0.3 is 15.5 Å². The highest BCUT2D eigenvalue weighted by Gasteiger charge is 2.25. The van der Waals surface area contributed by atoms with E-state index in [0.717, 1.165) is 0 Å². The second kappa shape index (κ2) is 6.70. The minimum atomic E-state index is -4.21. The highest BCUT2D eigenvalue weighted by molar-refractivity contribution is 8.93. The maximum Gasteiger partial charge on any atom is 0.401 e. The van der Waals surface area contributed by atoms with E-state index in [4.69, 9.17) is 10.2 Å². The first-order valence-corrected chi connectivity index (χ1v) is 4.67. The van der Waals surface area contributed by atoms with Gasteiger partial charge in [-0.2, -0.15) is 13.2 Å². The SMILES string of the molecule is Br.Oc1ccc(CCNCC(F)(F)F)cc1O. The molecule has 0 radical (unpaired) electrons. The molecule has 0 fully saturated rings. The van der Waals surface area contributed by atoms with E-state index in [1.165, 1.54) is 12.1 Å². The minimum absolute atomic E-state index is 0. The maximum absolute atomic E-state index is 11.8. The molecule has 1 aromatic carbocycles. The van der Waals surface area contributed by atoms with Gasteiger partial charge in [0.05, 0.1) is 6.54 Å². The summed E-state index contributed by atoms with van der Waals surface area (Å²) in [5.41, 5.74) is 0.657. The van der Waals surface area contributed by atoms with Crippen molar-refractivity contribution in [1.29, 1.82) is 0 Å². The van der Waals surface area contributed by atoms with Gasteiger partial charge in [-0.3, -0.25) is 0 Å². The van der Waals surface area contributed by atoms with Crippen LogP contribution in [0.3, 0.4) is 0 Å². The van der Waals surface area contributed by atoms with Gasteiger partial charge in [0, 0.05) is 0 Å². The Labute approximate surface area is 107 Å². The summed E-state index contributed by atoms with van der Waals surface area (Å²) in [7, 11) is 0. The van der Waals surface area contributed by atoms with E-state index in [1.54, 1.807) is 6.07 Å². The van der Waals surface area contributed by atoms with Crippen molar-refractivity contribution in [2.75, 3.05) is 13.1 Å². The van der Waals surface area contributed by atoms with E-state index in [9.17, 15) is 13.2 Å². The molecule has 3 N–H and O–H groups in total. The Morgan fingerprint density at radius 1 is 1.12 bits per heavy atom. The number of rotatable bonds is 4.